The first-order chi connectivity index (χ1) is 17.2. The van der Waals surface area contributed by atoms with Gasteiger partial charge in [0.1, 0.15) is 11.7 Å². The number of benzene rings is 2. The molecular weight excluding hydrogens is 497 g/mol. The van der Waals surface area contributed by atoms with Crippen LogP contribution in [0.3, 0.4) is 0 Å². The van der Waals surface area contributed by atoms with Crippen molar-refractivity contribution in [2.45, 2.75) is 38.0 Å². The summed E-state index contributed by atoms with van der Waals surface area (Å²) >= 11 is 5.80. The summed E-state index contributed by atoms with van der Waals surface area (Å²) in [6.45, 7) is 0. The van der Waals surface area contributed by atoms with Crippen LogP contribution in [-0.2, 0) is 4.79 Å². The molecule has 1 heterocycles. The summed E-state index contributed by atoms with van der Waals surface area (Å²) in [5, 5.41) is 24.4. The molecule has 1 aliphatic rings. The minimum absolute atomic E-state index is 0.0587. The zero-order valence-electron chi connectivity index (χ0n) is 18.9. The number of carboxylic acids is 1. The summed E-state index contributed by atoms with van der Waals surface area (Å²) in [4.78, 5) is 24.3. The number of aromatic nitrogens is 1. The molecule has 1 amide bonds. The maximum atomic E-state index is 14.7. The number of halogens is 4. The van der Waals surface area contributed by atoms with Crippen molar-refractivity contribution in [3.63, 3.8) is 0 Å². The van der Waals surface area contributed by atoms with Gasteiger partial charge in [0.05, 0.1) is 16.1 Å². The van der Waals surface area contributed by atoms with Crippen LogP contribution in [0.25, 0.3) is 11.1 Å². The first-order valence-electron chi connectivity index (χ1n) is 11.3. The van der Waals surface area contributed by atoms with E-state index in [9.17, 15) is 28.0 Å². The standard InChI is InChI=1S/C26H22ClF3N2O4/c27-20-10-9-18(24(29)30)22(23(20)28)16-6-11-21(32(36)13-16)19(12-14-2-1-3-14)25(33)31-17-7-4-15(5-8-17)26(34)35/h4-11,13-14,19,24H,1-3,12H2,(H,31,33)(H,34,35)/t19-/m0/s1. The van der Waals surface area contributed by atoms with Crippen molar-refractivity contribution in [2.24, 2.45) is 5.92 Å². The molecule has 6 nitrogen and oxygen atoms in total. The van der Waals surface area contributed by atoms with Crippen molar-refractivity contribution in [1.82, 2.24) is 0 Å². The first-order valence-corrected chi connectivity index (χ1v) is 11.7. The van der Waals surface area contributed by atoms with E-state index in [0.29, 0.717) is 16.8 Å². The summed E-state index contributed by atoms with van der Waals surface area (Å²) < 4.78 is 42.1. The number of nitrogens with one attached hydrogen (secondary N) is 1. The van der Waals surface area contributed by atoms with Gasteiger partial charge >= 0.3 is 5.97 Å². The number of carboxylic acid groups (broad SMARTS) is 1. The topological polar surface area (TPSA) is 93.3 Å². The molecule has 2 aromatic carbocycles. The molecule has 1 aliphatic carbocycles. The van der Waals surface area contributed by atoms with E-state index in [1.807, 2.05) is 0 Å². The fraction of sp³-hybridized carbons (Fsp3) is 0.269. The van der Waals surface area contributed by atoms with Crippen molar-refractivity contribution in [3.05, 3.63) is 87.6 Å². The third kappa shape index (κ3) is 5.31. The van der Waals surface area contributed by atoms with E-state index in [4.69, 9.17) is 16.7 Å². The largest absolute Gasteiger partial charge is 0.618 e. The van der Waals surface area contributed by atoms with E-state index in [1.54, 1.807) is 0 Å². The normalized spacial score (nSPS) is 14.4. The van der Waals surface area contributed by atoms with E-state index in [0.717, 1.165) is 37.6 Å². The highest BCUT2D eigenvalue weighted by molar-refractivity contribution is 6.31. The smallest absolute Gasteiger partial charge is 0.335 e. The Kier molecular flexibility index (Phi) is 7.49. The number of carbonyl (C=O) groups is 2. The van der Waals surface area contributed by atoms with Gasteiger partial charge in [0, 0.05) is 22.9 Å². The van der Waals surface area contributed by atoms with Gasteiger partial charge in [0.15, 0.2) is 6.20 Å². The number of hydrogen-bond acceptors (Lipinski definition) is 3. The Morgan fingerprint density at radius 2 is 1.81 bits per heavy atom. The van der Waals surface area contributed by atoms with Crippen LogP contribution in [0.2, 0.25) is 5.02 Å². The van der Waals surface area contributed by atoms with Crippen LogP contribution in [0.1, 0.15) is 59.6 Å². The molecule has 0 aliphatic heterocycles. The number of alkyl halides is 2. The molecule has 2 N–H and O–H groups in total. The molecular formula is C26H22ClF3N2O4. The van der Waals surface area contributed by atoms with Crippen LogP contribution < -0.4 is 10.0 Å². The van der Waals surface area contributed by atoms with Crippen molar-refractivity contribution >= 4 is 29.2 Å². The predicted octanol–water partition coefficient (Wildman–Crippen LogP) is 6.33. The molecule has 0 radical (unpaired) electrons. The highest BCUT2D eigenvalue weighted by Crippen LogP contribution is 2.38. The second kappa shape index (κ2) is 10.6. The van der Waals surface area contributed by atoms with Crippen molar-refractivity contribution < 1.29 is 32.6 Å². The number of amides is 1. The van der Waals surface area contributed by atoms with Gasteiger partial charge in [0.25, 0.3) is 6.43 Å². The van der Waals surface area contributed by atoms with E-state index in [2.05, 4.69) is 5.32 Å². The Hall–Kier alpha value is -3.59. The highest BCUT2D eigenvalue weighted by Gasteiger charge is 2.33. The fourth-order valence-corrected chi connectivity index (χ4v) is 4.46. The number of anilines is 1. The van der Waals surface area contributed by atoms with Crippen molar-refractivity contribution in [1.29, 1.82) is 0 Å². The van der Waals surface area contributed by atoms with E-state index < -0.39 is 41.2 Å². The SMILES string of the molecule is O=C(O)c1ccc(NC(=O)[C@@H](CC2CCC2)c2ccc(-c3c(C(F)F)ccc(Cl)c3F)c[n+]2[O-])cc1. The molecule has 1 saturated carbocycles. The van der Waals surface area contributed by atoms with Gasteiger partial charge in [-0.15, -0.1) is 0 Å². The Bertz CT molecular complexity index is 1300. The minimum atomic E-state index is -2.99. The van der Waals surface area contributed by atoms with E-state index >= 15 is 0 Å². The van der Waals surface area contributed by atoms with Crippen LogP contribution in [0, 0.1) is 16.9 Å². The van der Waals surface area contributed by atoms with Gasteiger partial charge in [-0.1, -0.05) is 36.9 Å². The molecule has 36 heavy (non-hydrogen) atoms. The van der Waals surface area contributed by atoms with Crippen LogP contribution in [-0.4, -0.2) is 17.0 Å². The lowest BCUT2D eigenvalue weighted by Gasteiger charge is -2.28. The lowest BCUT2D eigenvalue weighted by molar-refractivity contribution is -0.614. The molecule has 1 aromatic heterocycles. The van der Waals surface area contributed by atoms with Crippen LogP contribution in [0.5, 0.6) is 0 Å². The molecule has 0 spiro atoms. The number of nitrogens with zero attached hydrogens (tertiary/aromatic N) is 1. The van der Waals surface area contributed by atoms with Gasteiger partial charge in [-0.25, -0.2) is 18.0 Å². The Labute approximate surface area is 209 Å². The lowest BCUT2D eigenvalue weighted by Crippen LogP contribution is -2.38. The molecule has 1 atom stereocenters. The van der Waals surface area contributed by atoms with Crippen LogP contribution in [0.4, 0.5) is 18.9 Å². The summed E-state index contributed by atoms with van der Waals surface area (Å²) in [6, 6.07) is 10.3. The van der Waals surface area contributed by atoms with E-state index in [1.165, 1.54) is 36.4 Å². The summed E-state index contributed by atoms with van der Waals surface area (Å²) in [5.74, 6) is -3.25. The molecule has 3 aromatic rings. The van der Waals surface area contributed by atoms with Gasteiger partial charge in [0.2, 0.25) is 11.6 Å². The average Bonchev–Trinajstić information content (AvgIpc) is 2.80. The number of hydrogen-bond donors (Lipinski definition) is 2. The number of pyridine rings is 1. The maximum absolute atomic E-state index is 14.7. The summed E-state index contributed by atoms with van der Waals surface area (Å²) in [5.41, 5.74) is -0.642. The maximum Gasteiger partial charge on any atom is 0.335 e. The lowest BCUT2D eigenvalue weighted by atomic mass is 9.77. The molecule has 0 unspecified atom stereocenters. The van der Waals surface area contributed by atoms with E-state index in [-0.39, 0.29) is 27.8 Å². The van der Waals surface area contributed by atoms with Gasteiger partial charge in [-0.3, -0.25) is 4.79 Å². The number of rotatable bonds is 8. The van der Waals surface area contributed by atoms with Gasteiger partial charge in [-0.2, -0.15) is 4.73 Å². The molecule has 10 heteroatoms. The third-order valence-corrected chi connectivity index (χ3v) is 6.75. The Morgan fingerprint density at radius 1 is 1.11 bits per heavy atom. The molecule has 4 rings (SSSR count). The first kappa shape index (κ1) is 25.5. The average molecular weight is 519 g/mol. The molecule has 0 saturated heterocycles. The molecule has 0 bridgehead atoms. The zero-order chi connectivity index (χ0) is 26.0. The Morgan fingerprint density at radius 3 is 2.36 bits per heavy atom. The van der Waals surface area contributed by atoms with Gasteiger partial charge < -0.3 is 15.6 Å². The molecule has 188 valence electrons. The van der Waals surface area contributed by atoms with Crippen molar-refractivity contribution in [2.75, 3.05) is 5.32 Å². The number of carbonyl (C=O) groups excluding carboxylic acids is 1. The highest BCUT2D eigenvalue weighted by atomic mass is 35.5. The number of aromatic carboxylic acids is 1. The van der Waals surface area contributed by atoms with Crippen LogP contribution >= 0.6 is 11.6 Å². The van der Waals surface area contributed by atoms with Crippen molar-refractivity contribution in [3.8, 4) is 11.1 Å². The minimum Gasteiger partial charge on any atom is -0.618 e. The second-order valence-corrected chi connectivity index (χ2v) is 9.16. The summed E-state index contributed by atoms with van der Waals surface area (Å²) in [7, 11) is 0. The fourth-order valence-electron chi connectivity index (χ4n) is 4.30. The predicted molar refractivity (Wildman–Crippen MR) is 127 cm³/mol. The quantitative estimate of drug-likeness (QED) is 0.269. The molecule has 1 fully saturated rings. The van der Waals surface area contributed by atoms with Crippen LogP contribution in [0.15, 0.2) is 54.7 Å². The summed E-state index contributed by atoms with van der Waals surface area (Å²) in [6.07, 6.45) is 1.24. The zero-order valence-corrected chi connectivity index (χ0v) is 19.6. The third-order valence-electron chi connectivity index (χ3n) is 6.46. The monoisotopic (exact) mass is 518 g/mol. The second-order valence-electron chi connectivity index (χ2n) is 8.75. The Balaban J connectivity index is 1.66. The van der Waals surface area contributed by atoms with Gasteiger partial charge in [-0.05, 0) is 48.7 Å².